The van der Waals surface area contributed by atoms with Crippen LogP contribution in [0.3, 0.4) is 0 Å². The first kappa shape index (κ1) is 22.3. The molecule has 0 aliphatic rings. The minimum atomic E-state index is -0.346. The van der Waals surface area contributed by atoms with Crippen LogP contribution in [-0.4, -0.2) is 31.0 Å². The van der Waals surface area contributed by atoms with Crippen LogP contribution < -0.4 is 16.5 Å². The van der Waals surface area contributed by atoms with Gasteiger partial charge < -0.3 is 20.7 Å². The van der Waals surface area contributed by atoms with E-state index in [-0.39, 0.29) is 28.2 Å². The van der Waals surface area contributed by atoms with Crippen molar-refractivity contribution in [1.82, 2.24) is 20.0 Å². The predicted octanol–water partition coefficient (Wildman–Crippen LogP) is 3.52. The van der Waals surface area contributed by atoms with Gasteiger partial charge in [-0.15, -0.1) is 0 Å². The van der Waals surface area contributed by atoms with Gasteiger partial charge in [-0.05, 0) is 44.5 Å². The lowest BCUT2D eigenvalue weighted by atomic mass is 9.99. The number of hydrogen-bond donors (Lipinski definition) is 3. The minimum Gasteiger partial charge on any atom is -0.453 e. The second-order valence-corrected chi connectivity index (χ2v) is 8.10. The van der Waals surface area contributed by atoms with Gasteiger partial charge in [0.2, 0.25) is 0 Å². The molecule has 0 bridgehead atoms. The zero-order valence-corrected chi connectivity index (χ0v) is 19.2. The lowest BCUT2D eigenvalue weighted by molar-refractivity contribution is 0.318. The topological polar surface area (TPSA) is 144 Å². The normalized spacial score (nSPS) is 12.8. The second-order valence-electron chi connectivity index (χ2n) is 7.72. The van der Waals surface area contributed by atoms with Crippen molar-refractivity contribution in [3.63, 3.8) is 0 Å². The monoisotopic (exact) mass is 467 g/mol. The molecule has 1 aromatic carbocycles. The van der Waals surface area contributed by atoms with Crippen molar-refractivity contribution in [2.24, 2.45) is 17.9 Å². The second kappa shape index (κ2) is 8.55. The van der Waals surface area contributed by atoms with Crippen molar-refractivity contribution in [2.75, 3.05) is 5.32 Å². The molecule has 33 heavy (non-hydrogen) atoms. The molecule has 0 amide bonds. The van der Waals surface area contributed by atoms with Crippen molar-refractivity contribution in [3.05, 3.63) is 68.2 Å². The summed E-state index contributed by atoms with van der Waals surface area (Å²) in [5.41, 5.74) is 9.34. The Morgan fingerprint density at radius 2 is 2.09 bits per heavy atom. The molecule has 170 valence electrons. The van der Waals surface area contributed by atoms with Gasteiger partial charge in [-0.25, -0.2) is 4.98 Å². The summed E-state index contributed by atoms with van der Waals surface area (Å²) in [5.74, 6) is 0.178. The van der Waals surface area contributed by atoms with E-state index in [1.165, 1.54) is 4.80 Å². The Hall–Kier alpha value is -3.92. The third-order valence-corrected chi connectivity index (χ3v) is 5.48. The van der Waals surface area contributed by atoms with Crippen molar-refractivity contribution in [1.29, 1.82) is 0 Å². The van der Waals surface area contributed by atoms with Crippen LogP contribution in [0.4, 0.5) is 5.69 Å². The molecule has 0 saturated carbocycles. The zero-order valence-electron chi connectivity index (χ0n) is 18.4. The lowest BCUT2D eigenvalue weighted by Gasteiger charge is -2.20. The van der Waals surface area contributed by atoms with E-state index in [1.807, 2.05) is 19.9 Å². The van der Waals surface area contributed by atoms with Gasteiger partial charge in [0.1, 0.15) is 22.1 Å². The summed E-state index contributed by atoms with van der Waals surface area (Å²) >= 11 is 5.99. The highest BCUT2D eigenvalue weighted by atomic mass is 35.5. The number of amidine groups is 1. The van der Waals surface area contributed by atoms with Gasteiger partial charge in [0.05, 0.1) is 23.3 Å². The summed E-state index contributed by atoms with van der Waals surface area (Å²) in [6, 6.07) is 6.67. The molecule has 10 nitrogen and oxygen atoms in total. The number of fused-ring (bicyclic) bond motifs is 1. The Kier molecular flexibility index (Phi) is 5.77. The van der Waals surface area contributed by atoms with Crippen LogP contribution in [-0.2, 0) is 7.05 Å². The number of oxime groups is 1. The van der Waals surface area contributed by atoms with Crippen molar-refractivity contribution < 1.29 is 9.62 Å². The van der Waals surface area contributed by atoms with E-state index in [0.29, 0.717) is 33.7 Å². The molecular weight excluding hydrogens is 446 g/mol. The van der Waals surface area contributed by atoms with Crippen LogP contribution in [0.2, 0.25) is 5.15 Å². The molecule has 4 rings (SSSR count). The molecule has 4 N–H and O–H groups in total. The van der Waals surface area contributed by atoms with Crippen molar-refractivity contribution in [3.8, 4) is 11.5 Å². The number of halogens is 1. The van der Waals surface area contributed by atoms with Gasteiger partial charge in [0, 0.05) is 18.2 Å². The number of nitrogens with one attached hydrogen (secondary N) is 1. The average molecular weight is 468 g/mol. The maximum atomic E-state index is 13.2. The number of hydrogen-bond acceptors (Lipinski definition) is 8. The highest BCUT2D eigenvalue weighted by Gasteiger charge is 2.21. The number of nitrogens with two attached hydrogens (primary N) is 1. The first-order chi connectivity index (χ1) is 15.7. The molecule has 11 heteroatoms. The summed E-state index contributed by atoms with van der Waals surface area (Å²) in [5, 5.41) is 24.5. The molecule has 0 aliphatic heterocycles. The number of aryl methyl sites for hydroxylation is 2. The third kappa shape index (κ3) is 4.12. The van der Waals surface area contributed by atoms with Gasteiger partial charge in [-0.1, -0.05) is 22.8 Å². The molecule has 3 aromatic heterocycles. The van der Waals surface area contributed by atoms with Crippen LogP contribution in [0, 0.1) is 13.8 Å². The van der Waals surface area contributed by atoms with E-state index in [2.05, 4.69) is 25.7 Å². The van der Waals surface area contributed by atoms with Crippen LogP contribution in [0.5, 0.6) is 0 Å². The zero-order chi connectivity index (χ0) is 23.9. The fraction of sp³-hybridized carbons (Fsp3) is 0.227. The standard InChI is InChI=1S/C22H22ClN7O3/c1-10-7-13(12(3)26-15-5-6-17(23)27-18(15)22(24)29-32)21-14(8-10)19(31)11(2)20(33-21)16-9-25-30(4)28-16/h5-9,12,26,32H,1-4H3,(H2,24,29)/t12-/m1/s1. The predicted molar refractivity (Wildman–Crippen MR) is 126 cm³/mol. The van der Waals surface area contributed by atoms with Crippen LogP contribution in [0.15, 0.2) is 44.8 Å². The largest absolute Gasteiger partial charge is 0.453 e. The van der Waals surface area contributed by atoms with E-state index in [1.54, 1.807) is 38.4 Å². The SMILES string of the molecule is Cc1cc([C@@H](C)Nc2ccc(Cl)nc2/C(N)=N/O)c2oc(-c3cnn(C)n3)c(C)c(=O)c2c1. The van der Waals surface area contributed by atoms with E-state index in [4.69, 9.17) is 27.0 Å². The Balaban J connectivity index is 1.88. The quantitative estimate of drug-likeness (QED) is 0.133. The maximum Gasteiger partial charge on any atom is 0.196 e. The molecule has 0 aliphatic carbocycles. The van der Waals surface area contributed by atoms with Crippen molar-refractivity contribution >= 4 is 34.1 Å². The fourth-order valence-electron chi connectivity index (χ4n) is 3.69. The Morgan fingerprint density at radius 1 is 1.33 bits per heavy atom. The Bertz CT molecular complexity index is 1460. The van der Waals surface area contributed by atoms with Crippen LogP contribution in [0.25, 0.3) is 22.4 Å². The average Bonchev–Trinajstić information content (AvgIpc) is 3.22. The van der Waals surface area contributed by atoms with Gasteiger partial charge >= 0.3 is 0 Å². The summed E-state index contributed by atoms with van der Waals surface area (Å²) in [6.45, 7) is 5.52. The van der Waals surface area contributed by atoms with Gasteiger partial charge in [0.15, 0.2) is 17.0 Å². The molecule has 0 saturated heterocycles. The van der Waals surface area contributed by atoms with Crippen molar-refractivity contribution in [2.45, 2.75) is 26.8 Å². The highest BCUT2D eigenvalue weighted by molar-refractivity contribution is 6.29. The summed E-state index contributed by atoms with van der Waals surface area (Å²) in [6.07, 6.45) is 1.55. The molecule has 0 radical (unpaired) electrons. The third-order valence-electron chi connectivity index (χ3n) is 5.27. The highest BCUT2D eigenvalue weighted by Crippen LogP contribution is 2.32. The maximum absolute atomic E-state index is 13.2. The molecule has 0 fully saturated rings. The van der Waals surface area contributed by atoms with E-state index in [9.17, 15) is 4.79 Å². The van der Waals surface area contributed by atoms with Gasteiger partial charge in [0.25, 0.3) is 0 Å². The molecule has 4 aromatic rings. The molecule has 3 heterocycles. The minimum absolute atomic E-state index is 0.139. The lowest BCUT2D eigenvalue weighted by Crippen LogP contribution is -2.19. The van der Waals surface area contributed by atoms with E-state index < -0.39 is 0 Å². The Morgan fingerprint density at radius 3 is 2.76 bits per heavy atom. The summed E-state index contributed by atoms with van der Waals surface area (Å²) < 4.78 is 6.25. The number of anilines is 1. The first-order valence-electron chi connectivity index (χ1n) is 10.0. The number of nitrogens with zero attached hydrogens (tertiary/aromatic N) is 5. The number of benzene rings is 1. The van der Waals surface area contributed by atoms with Crippen LogP contribution >= 0.6 is 11.6 Å². The number of pyridine rings is 1. The number of rotatable bonds is 5. The van der Waals surface area contributed by atoms with E-state index in [0.717, 1.165) is 11.1 Å². The summed E-state index contributed by atoms with van der Waals surface area (Å²) in [4.78, 5) is 18.8. The molecule has 0 unspecified atom stereocenters. The molecule has 0 spiro atoms. The fourth-order valence-corrected chi connectivity index (χ4v) is 3.84. The first-order valence-corrected chi connectivity index (χ1v) is 10.4. The van der Waals surface area contributed by atoms with Gasteiger partial charge in [-0.2, -0.15) is 15.0 Å². The smallest absolute Gasteiger partial charge is 0.196 e. The molecular formula is C22H22ClN7O3. The van der Waals surface area contributed by atoms with Crippen LogP contribution in [0.1, 0.15) is 35.3 Å². The number of aromatic nitrogens is 4. The summed E-state index contributed by atoms with van der Waals surface area (Å²) in [7, 11) is 1.69. The molecule has 1 atom stereocenters. The van der Waals surface area contributed by atoms with E-state index >= 15 is 0 Å². The van der Waals surface area contributed by atoms with Gasteiger partial charge in [-0.3, -0.25) is 4.79 Å². The Labute approximate surface area is 193 Å².